The largest absolute Gasteiger partial charge is 0.493 e. The Morgan fingerprint density at radius 2 is 2.05 bits per heavy atom. The number of hydrogen-bond donors (Lipinski definition) is 1. The third kappa shape index (κ3) is 2.26. The monoisotopic (exact) mass is 258 g/mol. The molecular weight excluding hydrogens is 240 g/mol. The van der Waals surface area contributed by atoms with Gasteiger partial charge in [-0.25, -0.2) is 0 Å². The normalized spacial score (nSPS) is 15.7. The van der Waals surface area contributed by atoms with Crippen molar-refractivity contribution < 1.29 is 14.3 Å². The smallest absolute Gasteiger partial charge is 0.122 e. The molecule has 2 aromatic rings. The molecule has 0 radical (unpaired) electrons. The Morgan fingerprint density at radius 3 is 2.79 bits per heavy atom. The minimum Gasteiger partial charge on any atom is -0.493 e. The highest BCUT2D eigenvalue weighted by Gasteiger charge is 2.19. The zero-order valence-electron chi connectivity index (χ0n) is 11.3. The molecule has 1 aliphatic heterocycles. The van der Waals surface area contributed by atoms with E-state index in [1.54, 1.807) is 0 Å². The molecule has 1 aliphatic rings. The molecule has 100 valence electrons. The van der Waals surface area contributed by atoms with Gasteiger partial charge in [-0.2, -0.15) is 0 Å². The molecule has 1 unspecified atom stereocenters. The molecule has 1 N–H and O–H groups in total. The lowest BCUT2D eigenvalue weighted by Gasteiger charge is -2.19. The molecule has 1 aromatic heterocycles. The topological polar surface area (TPSA) is 42.6 Å². The number of aliphatic hydroxyl groups is 1. The predicted octanol–water partition coefficient (Wildman–Crippen LogP) is 3.30. The zero-order valence-corrected chi connectivity index (χ0v) is 11.3. The maximum Gasteiger partial charge on any atom is 0.122 e. The summed E-state index contributed by atoms with van der Waals surface area (Å²) < 4.78 is 11.1. The van der Waals surface area contributed by atoms with Crippen LogP contribution in [0.2, 0.25) is 0 Å². The Morgan fingerprint density at radius 1 is 1.21 bits per heavy atom. The summed E-state index contributed by atoms with van der Waals surface area (Å²) in [4.78, 5) is 0. The fraction of sp³-hybridized carbons (Fsp3) is 0.375. The molecule has 0 saturated carbocycles. The van der Waals surface area contributed by atoms with Gasteiger partial charge in [0.25, 0.3) is 0 Å². The summed E-state index contributed by atoms with van der Waals surface area (Å²) in [5, 5.41) is 10.5. The van der Waals surface area contributed by atoms with Crippen LogP contribution in [0.25, 0.3) is 0 Å². The third-order valence-electron chi connectivity index (χ3n) is 3.62. The Hall–Kier alpha value is -1.74. The number of ether oxygens (including phenoxy) is 1. The van der Waals surface area contributed by atoms with Crippen LogP contribution in [-0.4, -0.2) is 11.7 Å². The van der Waals surface area contributed by atoms with Crippen LogP contribution in [0, 0.1) is 13.8 Å². The van der Waals surface area contributed by atoms with Gasteiger partial charge in [0.05, 0.1) is 6.61 Å². The van der Waals surface area contributed by atoms with Gasteiger partial charge in [0.1, 0.15) is 23.4 Å². The van der Waals surface area contributed by atoms with Crippen LogP contribution in [0.15, 0.2) is 28.7 Å². The molecule has 0 aliphatic carbocycles. The highest BCUT2D eigenvalue weighted by Crippen LogP contribution is 2.32. The first-order valence-electron chi connectivity index (χ1n) is 6.66. The van der Waals surface area contributed by atoms with Gasteiger partial charge in [-0.05, 0) is 56.0 Å². The molecule has 3 heteroatoms. The van der Waals surface area contributed by atoms with Crippen LogP contribution in [0.4, 0.5) is 0 Å². The van der Waals surface area contributed by atoms with Crippen LogP contribution in [0.1, 0.15) is 40.7 Å². The summed E-state index contributed by atoms with van der Waals surface area (Å²) >= 11 is 0. The Kier molecular flexibility index (Phi) is 3.07. The SMILES string of the molecule is Cc1cc(C(O)c2ccc3c(c2)CCCO3)c(C)o1. The van der Waals surface area contributed by atoms with E-state index in [0.29, 0.717) is 0 Å². The van der Waals surface area contributed by atoms with Gasteiger partial charge >= 0.3 is 0 Å². The van der Waals surface area contributed by atoms with E-state index in [-0.39, 0.29) is 0 Å². The first-order chi connectivity index (χ1) is 9.15. The first kappa shape index (κ1) is 12.3. The van der Waals surface area contributed by atoms with Gasteiger partial charge in [-0.3, -0.25) is 0 Å². The molecule has 0 spiro atoms. The molecule has 2 heterocycles. The number of benzene rings is 1. The third-order valence-corrected chi connectivity index (χ3v) is 3.62. The maximum atomic E-state index is 10.5. The number of fused-ring (bicyclic) bond motifs is 1. The second-order valence-electron chi connectivity index (χ2n) is 5.09. The maximum absolute atomic E-state index is 10.5. The van der Waals surface area contributed by atoms with Gasteiger partial charge in [-0.15, -0.1) is 0 Å². The summed E-state index contributed by atoms with van der Waals surface area (Å²) in [6.45, 7) is 4.56. The average molecular weight is 258 g/mol. The summed E-state index contributed by atoms with van der Waals surface area (Å²) in [6, 6.07) is 7.82. The number of aliphatic hydroxyl groups excluding tert-OH is 1. The van der Waals surface area contributed by atoms with Gasteiger partial charge < -0.3 is 14.3 Å². The molecule has 0 amide bonds. The van der Waals surface area contributed by atoms with Crippen molar-refractivity contribution in [2.24, 2.45) is 0 Å². The van der Waals surface area contributed by atoms with E-state index >= 15 is 0 Å². The number of hydrogen-bond acceptors (Lipinski definition) is 3. The highest BCUT2D eigenvalue weighted by molar-refractivity contribution is 5.42. The van der Waals surface area contributed by atoms with Crippen molar-refractivity contribution in [2.75, 3.05) is 6.61 Å². The fourth-order valence-corrected chi connectivity index (χ4v) is 2.65. The van der Waals surface area contributed by atoms with E-state index in [4.69, 9.17) is 9.15 Å². The van der Waals surface area contributed by atoms with E-state index in [0.717, 1.165) is 47.8 Å². The van der Waals surface area contributed by atoms with Crippen LogP contribution >= 0.6 is 0 Å². The van der Waals surface area contributed by atoms with Gasteiger partial charge in [0.2, 0.25) is 0 Å². The first-order valence-corrected chi connectivity index (χ1v) is 6.66. The predicted molar refractivity (Wildman–Crippen MR) is 72.5 cm³/mol. The lowest BCUT2D eigenvalue weighted by atomic mass is 9.97. The van der Waals surface area contributed by atoms with E-state index in [9.17, 15) is 5.11 Å². The Balaban J connectivity index is 1.95. The summed E-state index contributed by atoms with van der Waals surface area (Å²) in [5.41, 5.74) is 2.92. The molecular formula is C16H18O3. The van der Waals surface area contributed by atoms with Crippen LogP contribution in [0.5, 0.6) is 5.75 Å². The zero-order chi connectivity index (χ0) is 13.4. The fourth-order valence-electron chi connectivity index (χ4n) is 2.65. The second-order valence-corrected chi connectivity index (χ2v) is 5.09. The van der Waals surface area contributed by atoms with Crippen LogP contribution in [0.3, 0.4) is 0 Å². The van der Waals surface area contributed by atoms with Crippen molar-refractivity contribution in [3.8, 4) is 5.75 Å². The average Bonchev–Trinajstić information content (AvgIpc) is 2.76. The Labute approximate surface area is 112 Å². The summed E-state index contributed by atoms with van der Waals surface area (Å²) in [6.07, 6.45) is 1.42. The molecule has 0 fully saturated rings. The standard InChI is InChI=1S/C16H18O3/c1-10-8-14(11(2)19-10)16(17)13-5-6-15-12(9-13)4-3-7-18-15/h5-6,8-9,16-17H,3-4,7H2,1-2H3. The molecule has 1 aromatic carbocycles. The van der Waals surface area contributed by atoms with Crippen molar-refractivity contribution in [3.63, 3.8) is 0 Å². The number of aryl methyl sites for hydroxylation is 3. The molecule has 0 saturated heterocycles. The minimum atomic E-state index is -0.635. The molecule has 0 bridgehead atoms. The molecule has 3 rings (SSSR count). The van der Waals surface area contributed by atoms with E-state index in [1.807, 2.05) is 38.1 Å². The lowest BCUT2D eigenvalue weighted by Crippen LogP contribution is -2.09. The van der Waals surface area contributed by atoms with Crippen molar-refractivity contribution in [1.82, 2.24) is 0 Å². The van der Waals surface area contributed by atoms with Gasteiger partial charge in [-0.1, -0.05) is 6.07 Å². The quantitative estimate of drug-likeness (QED) is 0.898. The summed E-state index contributed by atoms with van der Waals surface area (Å²) in [7, 11) is 0. The molecule has 1 atom stereocenters. The van der Waals surface area contributed by atoms with E-state index in [2.05, 4.69) is 0 Å². The van der Waals surface area contributed by atoms with Crippen LogP contribution < -0.4 is 4.74 Å². The number of furan rings is 1. The number of rotatable bonds is 2. The lowest BCUT2D eigenvalue weighted by molar-refractivity contribution is 0.217. The Bertz CT molecular complexity index is 598. The van der Waals surface area contributed by atoms with Crippen molar-refractivity contribution in [3.05, 3.63) is 52.5 Å². The highest BCUT2D eigenvalue weighted by atomic mass is 16.5. The molecule has 3 nitrogen and oxygen atoms in total. The van der Waals surface area contributed by atoms with Crippen LogP contribution in [-0.2, 0) is 6.42 Å². The van der Waals surface area contributed by atoms with Gasteiger partial charge in [0, 0.05) is 5.56 Å². The van der Waals surface area contributed by atoms with E-state index in [1.165, 1.54) is 5.56 Å². The van der Waals surface area contributed by atoms with Crippen molar-refractivity contribution in [2.45, 2.75) is 32.8 Å². The van der Waals surface area contributed by atoms with Gasteiger partial charge in [0.15, 0.2) is 0 Å². The van der Waals surface area contributed by atoms with E-state index < -0.39 is 6.10 Å². The molecule has 19 heavy (non-hydrogen) atoms. The minimum absolute atomic E-state index is 0.635. The van der Waals surface area contributed by atoms with Crippen molar-refractivity contribution >= 4 is 0 Å². The summed E-state index contributed by atoms with van der Waals surface area (Å²) in [5.74, 6) is 2.55. The second kappa shape index (κ2) is 4.74. The van der Waals surface area contributed by atoms with Crippen molar-refractivity contribution in [1.29, 1.82) is 0 Å².